The van der Waals surface area contributed by atoms with E-state index in [-0.39, 0.29) is 6.61 Å². The summed E-state index contributed by atoms with van der Waals surface area (Å²) in [5.74, 6) is 2.93. The second-order valence-electron chi connectivity index (χ2n) is 3.07. The molecule has 0 fully saturated rings. The van der Waals surface area contributed by atoms with E-state index in [1.807, 2.05) is 17.8 Å². The fraction of sp³-hybridized carbons (Fsp3) is 0.600. The van der Waals surface area contributed by atoms with Crippen LogP contribution in [0.2, 0.25) is 5.22 Å². The zero-order valence-electron chi connectivity index (χ0n) is 8.54. The highest BCUT2D eigenvalue weighted by atomic mass is 35.5. The Balaban J connectivity index is 1.93. The molecule has 5 heteroatoms. The highest BCUT2D eigenvalue weighted by Crippen LogP contribution is 2.12. The van der Waals surface area contributed by atoms with Gasteiger partial charge in [0, 0.05) is 18.9 Å². The first kappa shape index (κ1) is 12.9. The van der Waals surface area contributed by atoms with Crippen LogP contribution >= 0.6 is 23.4 Å². The summed E-state index contributed by atoms with van der Waals surface area (Å²) in [5.41, 5.74) is 0. The lowest BCUT2D eigenvalue weighted by atomic mass is 10.4. The van der Waals surface area contributed by atoms with Crippen LogP contribution in [0.5, 0.6) is 0 Å². The van der Waals surface area contributed by atoms with E-state index in [2.05, 4.69) is 5.32 Å². The van der Waals surface area contributed by atoms with Crippen LogP contribution in [0.25, 0.3) is 0 Å². The average Bonchev–Trinajstić information content (AvgIpc) is 2.63. The van der Waals surface area contributed by atoms with Crippen LogP contribution < -0.4 is 5.32 Å². The number of furan rings is 1. The van der Waals surface area contributed by atoms with Gasteiger partial charge in [-0.25, -0.2) is 0 Å². The first-order chi connectivity index (χ1) is 7.33. The second-order valence-corrected chi connectivity index (χ2v) is 4.67. The smallest absolute Gasteiger partial charge is 0.193 e. The maximum Gasteiger partial charge on any atom is 0.193 e. The number of hydrogen-bond acceptors (Lipinski definition) is 4. The van der Waals surface area contributed by atoms with Crippen molar-refractivity contribution in [2.75, 3.05) is 24.7 Å². The normalized spacial score (nSPS) is 10.8. The molecule has 0 aliphatic carbocycles. The molecule has 0 amide bonds. The van der Waals surface area contributed by atoms with Gasteiger partial charge < -0.3 is 14.8 Å². The van der Waals surface area contributed by atoms with Crippen molar-refractivity contribution in [3.8, 4) is 0 Å². The van der Waals surface area contributed by atoms with E-state index in [1.165, 1.54) is 0 Å². The number of thioether (sulfide) groups is 1. The van der Waals surface area contributed by atoms with Gasteiger partial charge in [0.1, 0.15) is 5.76 Å². The molecular weight excluding hydrogens is 234 g/mol. The van der Waals surface area contributed by atoms with E-state index in [9.17, 15) is 0 Å². The molecule has 0 radical (unpaired) electrons. The van der Waals surface area contributed by atoms with Gasteiger partial charge >= 0.3 is 0 Å². The number of aliphatic hydroxyl groups excluding tert-OH is 1. The summed E-state index contributed by atoms with van der Waals surface area (Å²) in [7, 11) is 0. The minimum Gasteiger partial charge on any atom is -0.448 e. The third-order valence-corrected chi connectivity index (χ3v) is 3.07. The predicted molar refractivity (Wildman–Crippen MR) is 64.5 cm³/mol. The van der Waals surface area contributed by atoms with Gasteiger partial charge in [-0.3, -0.25) is 0 Å². The van der Waals surface area contributed by atoms with E-state index in [1.54, 1.807) is 6.07 Å². The van der Waals surface area contributed by atoms with Crippen molar-refractivity contribution >= 4 is 23.4 Å². The van der Waals surface area contributed by atoms with Crippen molar-refractivity contribution in [1.82, 2.24) is 5.32 Å². The zero-order valence-corrected chi connectivity index (χ0v) is 10.1. The molecule has 0 aromatic carbocycles. The minimum atomic E-state index is 0.283. The van der Waals surface area contributed by atoms with Gasteiger partial charge in [0.2, 0.25) is 0 Å². The van der Waals surface area contributed by atoms with E-state index in [4.69, 9.17) is 21.1 Å². The molecule has 0 saturated carbocycles. The van der Waals surface area contributed by atoms with Crippen molar-refractivity contribution in [3.05, 3.63) is 23.1 Å². The Hall–Kier alpha value is -0.160. The molecule has 0 saturated heterocycles. The molecule has 0 unspecified atom stereocenters. The Bertz CT molecular complexity index is 268. The molecule has 1 heterocycles. The van der Waals surface area contributed by atoms with Crippen LogP contribution in [-0.2, 0) is 6.54 Å². The van der Waals surface area contributed by atoms with Gasteiger partial charge in [-0.2, -0.15) is 11.8 Å². The lowest BCUT2D eigenvalue weighted by Gasteiger charge is -2.02. The zero-order chi connectivity index (χ0) is 10.9. The summed E-state index contributed by atoms with van der Waals surface area (Å²) in [6, 6.07) is 3.61. The van der Waals surface area contributed by atoms with Gasteiger partial charge in [0.15, 0.2) is 5.22 Å². The molecular formula is C10H16ClNO2S. The molecule has 1 aromatic rings. The highest BCUT2D eigenvalue weighted by Gasteiger charge is 1.98. The van der Waals surface area contributed by atoms with E-state index in [0.717, 1.165) is 30.2 Å². The highest BCUT2D eigenvalue weighted by molar-refractivity contribution is 7.99. The molecule has 0 aliphatic heterocycles. The van der Waals surface area contributed by atoms with Crippen LogP contribution in [0.1, 0.15) is 12.2 Å². The summed E-state index contributed by atoms with van der Waals surface area (Å²) in [5, 5.41) is 12.3. The summed E-state index contributed by atoms with van der Waals surface area (Å²) in [6.07, 6.45) is 0.873. The predicted octanol–water partition coefficient (Wildman–Crippen LogP) is 2.14. The molecule has 0 aliphatic rings. The topological polar surface area (TPSA) is 45.4 Å². The van der Waals surface area contributed by atoms with Crippen LogP contribution in [0, 0.1) is 0 Å². The first-order valence-electron chi connectivity index (χ1n) is 4.96. The molecule has 15 heavy (non-hydrogen) atoms. The van der Waals surface area contributed by atoms with E-state index < -0.39 is 0 Å². The summed E-state index contributed by atoms with van der Waals surface area (Å²) >= 11 is 7.47. The number of rotatable bonds is 8. The van der Waals surface area contributed by atoms with Crippen molar-refractivity contribution in [3.63, 3.8) is 0 Å². The fourth-order valence-electron chi connectivity index (χ4n) is 1.07. The Labute approximate surface area is 99.2 Å². The molecule has 0 bridgehead atoms. The van der Waals surface area contributed by atoms with Crippen molar-refractivity contribution in [2.24, 2.45) is 0 Å². The van der Waals surface area contributed by atoms with Crippen LogP contribution in [0.15, 0.2) is 16.5 Å². The Morgan fingerprint density at radius 3 is 2.93 bits per heavy atom. The minimum absolute atomic E-state index is 0.283. The van der Waals surface area contributed by atoms with Crippen LogP contribution in [0.3, 0.4) is 0 Å². The summed E-state index contributed by atoms with van der Waals surface area (Å²) in [4.78, 5) is 0. The van der Waals surface area contributed by atoms with E-state index >= 15 is 0 Å². The molecule has 1 aromatic heterocycles. The van der Waals surface area contributed by atoms with Crippen molar-refractivity contribution < 1.29 is 9.52 Å². The van der Waals surface area contributed by atoms with Crippen LogP contribution in [0.4, 0.5) is 0 Å². The number of nitrogens with one attached hydrogen (secondary N) is 1. The molecule has 3 nitrogen and oxygen atoms in total. The van der Waals surface area contributed by atoms with Crippen molar-refractivity contribution in [2.45, 2.75) is 13.0 Å². The first-order valence-corrected chi connectivity index (χ1v) is 6.49. The number of halogens is 1. The molecule has 0 spiro atoms. The molecule has 0 atom stereocenters. The number of aliphatic hydroxyl groups is 1. The maximum atomic E-state index is 8.57. The summed E-state index contributed by atoms with van der Waals surface area (Å²) < 4.78 is 5.19. The fourth-order valence-corrected chi connectivity index (χ4v) is 2.06. The Morgan fingerprint density at radius 1 is 1.40 bits per heavy atom. The van der Waals surface area contributed by atoms with Crippen LogP contribution in [-0.4, -0.2) is 29.8 Å². The average molecular weight is 250 g/mol. The largest absolute Gasteiger partial charge is 0.448 e. The van der Waals surface area contributed by atoms with Gasteiger partial charge in [0.25, 0.3) is 0 Å². The molecule has 2 N–H and O–H groups in total. The van der Waals surface area contributed by atoms with Crippen molar-refractivity contribution in [1.29, 1.82) is 0 Å². The SMILES string of the molecule is OCCCSCCNCc1ccc(Cl)o1. The molecule has 1 rings (SSSR count). The van der Waals surface area contributed by atoms with E-state index in [0.29, 0.717) is 11.8 Å². The third kappa shape index (κ3) is 6.10. The summed E-state index contributed by atoms with van der Waals surface area (Å²) in [6.45, 7) is 1.94. The maximum absolute atomic E-state index is 8.57. The molecule has 86 valence electrons. The Kier molecular flexibility index (Phi) is 6.92. The standard InChI is InChI=1S/C10H16ClNO2S/c11-10-3-2-9(14-10)8-12-4-7-15-6-1-5-13/h2-3,12-13H,1,4-8H2. The quantitative estimate of drug-likeness (QED) is 0.693. The monoisotopic (exact) mass is 249 g/mol. The second kappa shape index (κ2) is 8.05. The number of hydrogen-bond donors (Lipinski definition) is 2. The Morgan fingerprint density at radius 2 is 2.27 bits per heavy atom. The van der Waals surface area contributed by atoms with Gasteiger partial charge in [0.05, 0.1) is 6.54 Å². The lowest BCUT2D eigenvalue weighted by Crippen LogP contribution is -2.16. The van der Waals surface area contributed by atoms with Gasteiger partial charge in [-0.05, 0) is 35.9 Å². The third-order valence-electron chi connectivity index (χ3n) is 1.80. The van der Waals surface area contributed by atoms with Gasteiger partial charge in [-0.15, -0.1) is 0 Å². The lowest BCUT2D eigenvalue weighted by molar-refractivity contribution is 0.296. The van der Waals surface area contributed by atoms with Gasteiger partial charge in [-0.1, -0.05) is 0 Å².